The van der Waals surface area contributed by atoms with E-state index < -0.39 is 0 Å². The molecular formula is C16H26N4O3. The van der Waals surface area contributed by atoms with Crippen LogP contribution in [0.5, 0.6) is 0 Å². The van der Waals surface area contributed by atoms with Gasteiger partial charge < -0.3 is 14.5 Å². The van der Waals surface area contributed by atoms with Gasteiger partial charge >= 0.3 is 0 Å². The van der Waals surface area contributed by atoms with Crippen LogP contribution in [0.3, 0.4) is 0 Å². The third-order valence-electron chi connectivity index (χ3n) is 4.95. The van der Waals surface area contributed by atoms with Crippen LogP contribution in [0, 0.1) is 12.8 Å². The highest BCUT2D eigenvalue weighted by molar-refractivity contribution is 5.78. The first-order valence-corrected chi connectivity index (χ1v) is 8.58. The number of nitrogens with zero attached hydrogens (tertiary/aromatic N) is 4. The summed E-state index contributed by atoms with van der Waals surface area (Å²) >= 11 is 0. The summed E-state index contributed by atoms with van der Waals surface area (Å²) in [6, 6.07) is 0. The predicted octanol–water partition coefficient (Wildman–Crippen LogP) is 0.788. The monoisotopic (exact) mass is 322 g/mol. The summed E-state index contributed by atoms with van der Waals surface area (Å²) in [5, 5.41) is 13.4. The minimum atomic E-state index is -0.0608. The molecule has 0 bridgehead atoms. The van der Waals surface area contributed by atoms with Crippen molar-refractivity contribution in [2.75, 3.05) is 39.3 Å². The van der Waals surface area contributed by atoms with Crippen molar-refractivity contribution < 1.29 is 14.4 Å². The average Bonchev–Trinajstić information content (AvgIpc) is 3.07. The van der Waals surface area contributed by atoms with Crippen molar-refractivity contribution in [1.82, 2.24) is 19.9 Å². The summed E-state index contributed by atoms with van der Waals surface area (Å²) in [6.07, 6.45) is 4.88. The van der Waals surface area contributed by atoms with E-state index in [9.17, 15) is 9.90 Å². The molecule has 2 fully saturated rings. The molecule has 7 heteroatoms. The lowest BCUT2D eigenvalue weighted by molar-refractivity contribution is -0.131. The van der Waals surface area contributed by atoms with E-state index in [1.807, 2.05) is 4.90 Å². The number of aliphatic hydroxyl groups is 1. The summed E-state index contributed by atoms with van der Waals surface area (Å²) in [4.78, 5) is 21.0. The first kappa shape index (κ1) is 16.4. The molecule has 0 radical (unpaired) electrons. The molecule has 3 rings (SSSR count). The number of amides is 1. The van der Waals surface area contributed by atoms with Gasteiger partial charge in [-0.05, 0) is 32.9 Å². The smallest absolute Gasteiger partial charge is 0.236 e. The number of aryl methyl sites for hydroxylation is 1. The summed E-state index contributed by atoms with van der Waals surface area (Å²) in [7, 11) is 0. The van der Waals surface area contributed by atoms with Crippen molar-refractivity contribution >= 4 is 5.91 Å². The number of hydrogen-bond acceptors (Lipinski definition) is 6. The minimum absolute atomic E-state index is 0.0251. The minimum Gasteiger partial charge on any atom is -0.396 e. The Morgan fingerprint density at radius 1 is 1.26 bits per heavy atom. The molecular weight excluding hydrogens is 296 g/mol. The van der Waals surface area contributed by atoms with Crippen LogP contribution in [0.15, 0.2) is 4.52 Å². The molecule has 1 amide bonds. The molecule has 23 heavy (non-hydrogen) atoms. The fraction of sp³-hybridized carbons (Fsp3) is 0.812. The molecule has 2 saturated heterocycles. The van der Waals surface area contributed by atoms with Crippen LogP contribution in [-0.4, -0.2) is 70.3 Å². The number of carbonyl (C=O) groups excluding carboxylic acids is 1. The molecule has 2 aliphatic rings. The number of hydrogen-bond donors (Lipinski definition) is 1. The van der Waals surface area contributed by atoms with Crippen molar-refractivity contribution in [3.8, 4) is 0 Å². The van der Waals surface area contributed by atoms with Crippen molar-refractivity contribution in [1.29, 1.82) is 0 Å². The van der Waals surface area contributed by atoms with Crippen LogP contribution in [0.2, 0.25) is 0 Å². The molecule has 1 aromatic rings. The Balaban J connectivity index is 1.60. The van der Waals surface area contributed by atoms with Crippen LogP contribution in [0.25, 0.3) is 0 Å². The molecule has 1 N–H and O–H groups in total. The summed E-state index contributed by atoms with van der Waals surface area (Å²) in [5.74, 6) is 1.18. The van der Waals surface area contributed by atoms with Crippen molar-refractivity contribution in [2.24, 2.45) is 5.92 Å². The Kier molecular flexibility index (Phi) is 5.27. The van der Waals surface area contributed by atoms with Gasteiger partial charge in [0.05, 0.1) is 12.5 Å². The summed E-state index contributed by atoms with van der Waals surface area (Å²) < 4.78 is 5.25. The van der Waals surface area contributed by atoms with Gasteiger partial charge in [-0.1, -0.05) is 18.0 Å². The molecule has 2 aliphatic heterocycles. The largest absolute Gasteiger partial charge is 0.396 e. The van der Waals surface area contributed by atoms with Crippen LogP contribution < -0.4 is 0 Å². The third-order valence-corrected chi connectivity index (χ3v) is 4.95. The van der Waals surface area contributed by atoms with Gasteiger partial charge in [-0.15, -0.1) is 0 Å². The zero-order valence-corrected chi connectivity index (χ0v) is 13.8. The summed E-state index contributed by atoms with van der Waals surface area (Å²) in [5.41, 5.74) is 0. The Bertz CT molecular complexity index is 525. The maximum Gasteiger partial charge on any atom is 0.236 e. The highest BCUT2D eigenvalue weighted by Gasteiger charge is 2.39. The van der Waals surface area contributed by atoms with Gasteiger partial charge in [-0.25, -0.2) is 0 Å². The van der Waals surface area contributed by atoms with E-state index >= 15 is 0 Å². The lowest BCUT2D eigenvalue weighted by atomic mass is 9.97. The SMILES string of the molecule is Cc1noc([C@@H]2CN(C(=O)CN3CCCCCC3)C[C@H]2CO)n1. The number of likely N-dealkylation sites (tertiary alicyclic amines) is 2. The highest BCUT2D eigenvalue weighted by atomic mass is 16.5. The fourth-order valence-corrected chi connectivity index (χ4v) is 3.59. The molecule has 0 unspecified atom stereocenters. The average molecular weight is 322 g/mol. The predicted molar refractivity (Wildman–Crippen MR) is 83.8 cm³/mol. The Morgan fingerprint density at radius 2 is 2.00 bits per heavy atom. The van der Waals surface area contributed by atoms with Crippen LogP contribution in [-0.2, 0) is 4.79 Å². The Morgan fingerprint density at radius 3 is 2.61 bits per heavy atom. The summed E-state index contributed by atoms with van der Waals surface area (Å²) in [6.45, 7) is 5.42. The van der Waals surface area contributed by atoms with Crippen LogP contribution in [0.4, 0.5) is 0 Å². The first-order valence-electron chi connectivity index (χ1n) is 8.58. The van der Waals surface area contributed by atoms with E-state index in [1.54, 1.807) is 6.92 Å². The van der Waals surface area contributed by atoms with Gasteiger partial charge in [-0.3, -0.25) is 9.69 Å². The number of aromatic nitrogens is 2. The van der Waals surface area contributed by atoms with Crippen molar-refractivity contribution in [3.63, 3.8) is 0 Å². The quantitative estimate of drug-likeness (QED) is 0.882. The molecule has 0 aromatic carbocycles. The van der Waals surface area contributed by atoms with E-state index in [2.05, 4.69) is 15.0 Å². The zero-order valence-electron chi connectivity index (χ0n) is 13.8. The second-order valence-electron chi connectivity index (χ2n) is 6.72. The Hall–Kier alpha value is -1.47. The molecule has 1 aromatic heterocycles. The van der Waals surface area contributed by atoms with Gasteiger partial charge in [0, 0.05) is 25.6 Å². The topological polar surface area (TPSA) is 82.7 Å². The van der Waals surface area contributed by atoms with Gasteiger partial charge in [0.25, 0.3) is 0 Å². The van der Waals surface area contributed by atoms with E-state index in [0.29, 0.717) is 31.3 Å². The van der Waals surface area contributed by atoms with E-state index in [-0.39, 0.29) is 24.3 Å². The zero-order chi connectivity index (χ0) is 16.2. The number of rotatable bonds is 4. The molecule has 0 aliphatic carbocycles. The van der Waals surface area contributed by atoms with E-state index in [0.717, 1.165) is 13.1 Å². The lowest BCUT2D eigenvalue weighted by Gasteiger charge is -2.23. The van der Waals surface area contributed by atoms with Gasteiger partial charge in [0.15, 0.2) is 5.82 Å². The van der Waals surface area contributed by atoms with Gasteiger partial charge in [-0.2, -0.15) is 4.98 Å². The second kappa shape index (κ2) is 7.40. The normalized spacial score (nSPS) is 26.4. The lowest BCUT2D eigenvalue weighted by Crippen LogP contribution is -2.40. The molecule has 0 spiro atoms. The van der Waals surface area contributed by atoms with E-state index in [1.165, 1.54) is 25.7 Å². The van der Waals surface area contributed by atoms with Crippen LogP contribution >= 0.6 is 0 Å². The highest BCUT2D eigenvalue weighted by Crippen LogP contribution is 2.31. The molecule has 2 atom stereocenters. The van der Waals surface area contributed by atoms with E-state index in [4.69, 9.17) is 4.52 Å². The van der Waals surface area contributed by atoms with Gasteiger partial charge in [0.2, 0.25) is 11.8 Å². The standard InChI is InChI=1S/C16H26N4O3/c1-12-17-16(23-18-12)14-9-20(8-13(14)11-21)15(22)10-19-6-4-2-3-5-7-19/h13-14,21H,2-11H2,1H3/t13-,14+/m0/s1. The first-order chi connectivity index (χ1) is 11.2. The van der Waals surface area contributed by atoms with Gasteiger partial charge in [0.1, 0.15) is 0 Å². The van der Waals surface area contributed by atoms with Crippen molar-refractivity contribution in [2.45, 2.75) is 38.5 Å². The molecule has 7 nitrogen and oxygen atoms in total. The third kappa shape index (κ3) is 3.90. The van der Waals surface area contributed by atoms with Crippen molar-refractivity contribution in [3.05, 3.63) is 11.7 Å². The number of aliphatic hydroxyl groups excluding tert-OH is 1. The van der Waals surface area contributed by atoms with Crippen LogP contribution in [0.1, 0.15) is 43.3 Å². The molecule has 0 saturated carbocycles. The second-order valence-corrected chi connectivity index (χ2v) is 6.72. The fourth-order valence-electron chi connectivity index (χ4n) is 3.59. The maximum absolute atomic E-state index is 12.6. The Labute approximate surface area is 136 Å². The molecule has 128 valence electrons. The maximum atomic E-state index is 12.6. The number of carbonyl (C=O) groups is 1. The molecule has 3 heterocycles.